The van der Waals surface area contributed by atoms with Crippen LogP contribution in [-0.4, -0.2) is 6.04 Å². The van der Waals surface area contributed by atoms with Gasteiger partial charge in [0.2, 0.25) is 0 Å². The van der Waals surface area contributed by atoms with Gasteiger partial charge in [-0.3, -0.25) is 0 Å². The lowest BCUT2D eigenvalue weighted by Crippen LogP contribution is -2.14. The molecule has 2 rings (SSSR count). The van der Waals surface area contributed by atoms with Crippen molar-refractivity contribution in [3.05, 3.63) is 35.9 Å². The molecule has 0 aromatic heterocycles. The van der Waals surface area contributed by atoms with Crippen LogP contribution in [-0.2, 0) is 6.54 Å². The molecule has 0 bridgehead atoms. The van der Waals surface area contributed by atoms with E-state index >= 15 is 0 Å². The van der Waals surface area contributed by atoms with Crippen LogP contribution in [0.5, 0.6) is 0 Å². The lowest BCUT2D eigenvalue weighted by Gasteiger charge is -2.00. The molecule has 1 radical (unpaired) electrons. The Kier molecular flexibility index (Phi) is 1.91. The van der Waals surface area contributed by atoms with E-state index in [0.29, 0.717) is 0 Å². The molecule has 11 heavy (non-hydrogen) atoms. The number of nitrogens with one attached hydrogen (secondary N) is 1. The minimum atomic E-state index is 0.801. The largest absolute Gasteiger partial charge is 0.310 e. The average molecular weight is 146 g/mol. The van der Waals surface area contributed by atoms with Gasteiger partial charge < -0.3 is 5.32 Å². The fourth-order valence-electron chi connectivity index (χ4n) is 1.09. The maximum absolute atomic E-state index is 3.45. The van der Waals surface area contributed by atoms with Crippen LogP contribution in [0.2, 0.25) is 0 Å². The van der Waals surface area contributed by atoms with E-state index in [4.69, 9.17) is 0 Å². The SMILES string of the molecule is [c]1cccc(CNC2CC2)c1. The molecule has 1 aromatic rings. The Labute approximate surface area is 67.4 Å². The highest BCUT2D eigenvalue weighted by Crippen LogP contribution is 2.19. The molecule has 0 aliphatic heterocycles. The molecule has 1 N–H and O–H groups in total. The molecule has 0 saturated heterocycles. The lowest BCUT2D eigenvalue weighted by molar-refractivity contribution is 0.688. The zero-order valence-electron chi connectivity index (χ0n) is 6.51. The zero-order valence-corrected chi connectivity index (χ0v) is 6.51. The van der Waals surface area contributed by atoms with E-state index in [9.17, 15) is 0 Å². The molecular weight excluding hydrogens is 134 g/mol. The van der Waals surface area contributed by atoms with Crippen LogP contribution in [0, 0.1) is 6.07 Å². The summed E-state index contributed by atoms with van der Waals surface area (Å²) in [4.78, 5) is 0. The van der Waals surface area contributed by atoms with Gasteiger partial charge in [-0.1, -0.05) is 18.2 Å². The Bertz CT molecular complexity index is 214. The predicted molar refractivity (Wildman–Crippen MR) is 45.1 cm³/mol. The Morgan fingerprint density at radius 2 is 2.45 bits per heavy atom. The summed E-state index contributed by atoms with van der Waals surface area (Å²) in [5, 5.41) is 3.45. The third-order valence-corrected chi connectivity index (χ3v) is 1.94. The van der Waals surface area contributed by atoms with Crippen molar-refractivity contribution in [2.75, 3.05) is 0 Å². The molecule has 0 unspecified atom stereocenters. The molecule has 0 spiro atoms. The monoisotopic (exact) mass is 146 g/mol. The quantitative estimate of drug-likeness (QED) is 0.685. The number of hydrogen-bond donors (Lipinski definition) is 1. The Balaban J connectivity index is 1.85. The van der Waals surface area contributed by atoms with E-state index in [1.165, 1.54) is 18.4 Å². The van der Waals surface area contributed by atoms with Crippen LogP contribution >= 0.6 is 0 Å². The number of hydrogen-bond acceptors (Lipinski definition) is 1. The van der Waals surface area contributed by atoms with Gasteiger partial charge in [0.1, 0.15) is 0 Å². The van der Waals surface area contributed by atoms with Crippen molar-refractivity contribution in [2.45, 2.75) is 25.4 Å². The van der Waals surface area contributed by atoms with Crippen molar-refractivity contribution in [3.8, 4) is 0 Å². The number of rotatable bonds is 3. The predicted octanol–water partition coefficient (Wildman–Crippen LogP) is 1.74. The third-order valence-electron chi connectivity index (χ3n) is 1.94. The first-order valence-electron chi connectivity index (χ1n) is 4.13. The molecule has 1 heteroatoms. The van der Waals surface area contributed by atoms with Gasteiger partial charge >= 0.3 is 0 Å². The maximum atomic E-state index is 3.45. The van der Waals surface area contributed by atoms with E-state index in [1.54, 1.807) is 0 Å². The summed E-state index contributed by atoms with van der Waals surface area (Å²) in [6.45, 7) is 1.00. The standard InChI is InChI=1S/C10H12N/c1-2-4-9(5-3-1)8-11-10-6-7-10/h1-2,4-5,10-11H,6-8H2. The van der Waals surface area contributed by atoms with Crippen molar-refractivity contribution in [2.24, 2.45) is 0 Å². The van der Waals surface area contributed by atoms with Crippen molar-refractivity contribution in [1.29, 1.82) is 0 Å². The molecule has 1 nitrogen and oxygen atoms in total. The van der Waals surface area contributed by atoms with Gasteiger partial charge in [-0.15, -0.1) is 0 Å². The first kappa shape index (κ1) is 6.86. The van der Waals surface area contributed by atoms with E-state index in [-0.39, 0.29) is 0 Å². The van der Waals surface area contributed by atoms with E-state index in [1.807, 2.05) is 18.2 Å². The summed E-state index contributed by atoms with van der Waals surface area (Å²) in [5.41, 5.74) is 1.33. The topological polar surface area (TPSA) is 12.0 Å². The van der Waals surface area contributed by atoms with Crippen LogP contribution in [0.15, 0.2) is 24.3 Å². The number of benzene rings is 1. The molecule has 1 aliphatic rings. The summed E-state index contributed by atoms with van der Waals surface area (Å²) in [6.07, 6.45) is 2.72. The fraction of sp³-hybridized carbons (Fsp3) is 0.400. The lowest BCUT2D eigenvalue weighted by atomic mass is 10.2. The highest BCUT2D eigenvalue weighted by atomic mass is 14.9. The fourth-order valence-corrected chi connectivity index (χ4v) is 1.09. The summed E-state index contributed by atoms with van der Waals surface area (Å²) in [5.74, 6) is 0. The molecule has 1 aliphatic carbocycles. The average Bonchev–Trinajstić information content (AvgIpc) is 2.86. The Morgan fingerprint density at radius 3 is 3.09 bits per heavy atom. The molecule has 0 atom stereocenters. The second-order valence-corrected chi connectivity index (χ2v) is 3.07. The van der Waals surface area contributed by atoms with E-state index in [0.717, 1.165) is 12.6 Å². The maximum Gasteiger partial charge on any atom is 0.0208 e. The molecule has 1 fully saturated rings. The summed E-state index contributed by atoms with van der Waals surface area (Å²) in [6, 6.07) is 12.0. The van der Waals surface area contributed by atoms with Crippen LogP contribution in [0.4, 0.5) is 0 Å². The summed E-state index contributed by atoms with van der Waals surface area (Å²) >= 11 is 0. The van der Waals surface area contributed by atoms with Gasteiger partial charge in [0.05, 0.1) is 0 Å². The van der Waals surface area contributed by atoms with Crippen molar-refractivity contribution < 1.29 is 0 Å². The normalized spacial score (nSPS) is 16.7. The summed E-state index contributed by atoms with van der Waals surface area (Å²) in [7, 11) is 0. The van der Waals surface area contributed by atoms with Crippen LogP contribution in [0.1, 0.15) is 18.4 Å². The molecule has 0 amide bonds. The molecule has 1 aromatic carbocycles. The Hall–Kier alpha value is -0.820. The van der Waals surface area contributed by atoms with Gasteiger partial charge in [-0.25, -0.2) is 0 Å². The zero-order chi connectivity index (χ0) is 7.52. The third kappa shape index (κ3) is 2.05. The van der Waals surface area contributed by atoms with Gasteiger partial charge in [-0.05, 0) is 30.5 Å². The van der Waals surface area contributed by atoms with Crippen LogP contribution < -0.4 is 5.32 Å². The van der Waals surface area contributed by atoms with Crippen molar-refractivity contribution >= 4 is 0 Å². The van der Waals surface area contributed by atoms with Gasteiger partial charge in [0.25, 0.3) is 0 Å². The van der Waals surface area contributed by atoms with E-state index in [2.05, 4.69) is 17.4 Å². The van der Waals surface area contributed by atoms with Crippen LogP contribution in [0.25, 0.3) is 0 Å². The van der Waals surface area contributed by atoms with Gasteiger partial charge in [0, 0.05) is 12.6 Å². The second kappa shape index (κ2) is 3.05. The summed E-state index contributed by atoms with van der Waals surface area (Å²) < 4.78 is 0. The first-order chi connectivity index (χ1) is 5.45. The van der Waals surface area contributed by atoms with Gasteiger partial charge in [0.15, 0.2) is 0 Å². The van der Waals surface area contributed by atoms with E-state index < -0.39 is 0 Å². The van der Waals surface area contributed by atoms with Crippen molar-refractivity contribution in [1.82, 2.24) is 5.32 Å². The molecule has 0 heterocycles. The minimum absolute atomic E-state index is 0.801. The highest BCUT2D eigenvalue weighted by Gasteiger charge is 2.19. The second-order valence-electron chi connectivity index (χ2n) is 3.07. The van der Waals surface area contributed by atoms with Crippen molar-refractivity contribution in [3.63, 3.8) is 0 Å². The highest BCUT2D eigenvalue weighted by molar-refractivity contribution is 5.13. The Morgan fingerprint density at radius 1 is 1.55 bits per heavy atom. The first-order valence-corrected chi connectivity index (χ1v) is 4.13. The van der Waals surface area contributed by atoms with Gasteiger partial charge in [-0.2, -0.15) is 0 Å². The molecule has 57 valence electrons. The molecular formula is C10H12N. The smallest absolute Gasteiger partial charge is 0.0208 e. The van der Waals surface area contributed by atoms with Crippen LogP contribution in [0.3, 0.4) is 0 Å². The minimum Gasteiger partial charge on any atom is -0.310 e. The molecule has 1 saturated carbocycles.